The third kappa shape index (κ3) is 5.67. The Balaban J connectivity index is 0.00000264. The highest BCUT2D eigenvalue weighted by Crippen LogP contribution is 2.19. The van der Waals surface area contributed by atoms with E-state index in [1.54, 1.807) is 25.1 Å². The van der Waals surface area contributed by atoms with E-state index >= 15 is 0 Å². The van der Waals surface area contributed by atoms with Crippen molar-refractivity contribution >= 4 is 34.0 Å². The van der Waals surface area contributed by atoms with Crippen LogP contribution in [0.3, 0.4) is 0 Å². The molecule has 2 atom stereocenters. The number of anilines is 1. The SMILES string of the molecule is Cc1ccc(C(=O)NC2CCNCC2C)cc1NS(C)(=O)=O.Cl. The topological polar surface area (TPSA) is 87.3 Å². The summed E-state index contributed by atoms with van der Waals surface area (Å²) >= 11 is 0. The summed E-state index contributed by atoms with van der Waals surface area (Å²) in [6, 6.07) is 5.18. The average Bonchev–Trinajstić information content (AvgIpc) is 2.42. The maximum absolute atomic E-state index is 12.4. The molecule has 3 N–H and O–H groups in total. The quantitative estimate of drug-likeness (QED) is 0.758. The van der Waals surface area contributed by atoms with Gasteiger partial charge in [-0.1, -0.05) is 13.0 Å². The molecule has 1 amide bonds. The van der Waals surface area contributed by atoms with Gasteiger partial charge in [0.05, 0.1) is 11.9 Å². The van der Waals surface area contributed by atoms with E-state index < -0.39 is 10.0 Å². The van der Waals surface area contributed by atoms with Crippen LogP contribution in [0.1, 0.15) is 29.3 Å². The summed E-state index contributed by atoms with van der Waals surface area (Å²) in [7, 11) is -3.37. The van der Waals surface area contributed by atoms with Crippen LogP contribution in [0.15, 0.2) is 18.2 Å². The first kappa shape index (κ1) is 19.7. The lowest BCUT2D eigenvalue weighted by Gasteiger charge is -2.30. The van der Waals surface area contributed by atoms with E-state index in [-0.39, 0.29) is 24.4 Å². The number of benzene rings is 1. The maximum atomic E-state index is 12.4. The Hall–Kier alpha value is -1.31. The highest BCUT2D eigenvalue weighted by atomic mass is 35.5. The standard InChI is InChI=1S/C15H23N3O3S.ClH/c1-10-4-5-12(8-14(10)18-22(3,20)21)15(19)17-13-6-7-16-9-11(13)2;/h4-5,8,11,13,16,18H,6-7,9H2,1-3H3,(H,17,19);1H. The van der Waals surface area contributed by atoms with Crippen molar-refractivity contribution < 1.29 is 13.2 Å². The molecule has 0 bridgehead atoms. The third-order valence-corrected chi connectivity index (χ3v) is 4.49. The van der Waals surface area contributed by atoms with Gasteiger partial charge in [0.15, 0.2) is 0 Å². The van der Waals surface area contributed by atoms with Crippen molar-refractivity contribution in [3.8, 4) is 0 Å². The van der Waals surface area contributed by atoms with Crippen LogP contribution in [0.5, 0.6) is 0 Å². The molecule has 1 saturated heterocycles. The predicted octanol–water partition coefficient (Wildman–Crippen LogP) is 1.52. The van der Waals surface area contributed by atoms with E-state index in [0.29, 0.717) is 17.2 Å². The molecule has 1 aromatic carbocycles. The number of amides is 1. The van der Waals surface area contributed by atoms with Crippen LogP contribution in [0.2, 0.25) is 0 Å². The van der Waals surface area contributed by atoms with Gasteiger partial charge in [-0.05, 0) is 50.0 Å². The van der Waals surface area contributed by atoms with Crippen LogP contribution >= 0.6 is 12.4 Å². The van der Waals surface area contributed by atoms with Crippen LogP contribution in [0, 0.1) is 12.8 Å². The van der Waals surface area contributed by atoms with Gasteiger partial charge in [0.2, 0.25) is 10.0 Å². The number of aryl methyl sites for hydroxylation is 1. The number of hydrogen-bond acceptors (Lipinski definition) is 4. The zero-order valence-corrected chi connectivity index (χ0v) is 15.2. The summed E-state index contributed by atoms with van der Waals surface area (Å²) in [6.45, 7) is 5.68. The van der Waals surface area contributed by atoms with Crippen molar-refractivity contribution in [3.05, 3.63) is 29.3 Å². The molecule has 0 aliphatic carbocycles. The fraction of sp³-hybridized carbons (Fsp3) is 0.533. The van der Waals surface area contributed by atoms with E-state index in [1.807, 2.05) is 0 Å². The number of hydrogen-bond donors (Lipinski definition) is 3. The number of rotatable bonds is 4. The molecule has 6 nitrogen and oxygen atoms in total. The minimum Gasteiger partial charge on any atom is -0.349 e. The first-order chi connectivity index (χ1) is 10.3. The summed E-state index contributed by atoms with van der Waals surface area (Å²) in [5, 5.41) is 6.33. The number of carbonyl (C=O) groups is 1. The van der Waals surface area contributed by atoms with Gasteiger partial charge in [-0.3, -0.25) is 9.52 Å². The Morgan fingerprint density at radius 2 is 2.04 bits per heavy atom. The van der Waals surface area contributed by atoms with Crippen LogP contribution in [0.25, 0.3) is 0 Å². The Morgan fingerprint density at radius 1 is 1.35 bits per heavy atom. The van der Waals surface area contributed by atoms with Crippen LogP contribution < -0.4 is 15.4 Å². The number of nitrogens with one attached hydrogen (secondary N) is 3. The van der Waals surface area contributed by atoms with Crippen molar-refractivity contribution in [1.82, 2.24) is 10.6 Å². The second kappa shape index (κ2) is 7.99. The van der Waals surface area contributed by atoms with Crippen LogP contribution in [-0.2, 0) is 10.0 Å². The van der Waals surface area contributed by atoms with Gasteiger partial charge in [-0.2, -0.15) is 0 Å². The zero-order chi connectivity index (χ0) is 16.3. The normalized spacial score (nSPS) is 21.2. The molecule has 1 heterocycles. The molecule has 23 heavy (non-hydrogen) atoms. The summed E-state index contributed by atoms with van der Waals surface area (Å²) in [5.74, 6) is 0.201. The molecule has 1 aliphatic heterocycles. The Bertz CT molecular complexity index is 664. The van der Waals surface area contributed by atoms with Crippen LogP contribution in [0.4, 0.5) is 5.69 Å². The Morgan fingerprint density at radius 3 is 2.65 bits per heavy atom. The summed E-state index contributed by atoms with van der Waals surface area (Å²) in [4.78, 5) is 12.4. The van der Waals surface area contributed by atoms with Crippen molar-refractivity contribution in [2.75, 3.05) is 24.1 Å². The van der Waals surface area contributed by atoms with Gasteiger partial charge in [0.25, 0.3) is 5.91 Å². The Labute approximate surface area is 143 Å². The molecule has 0 radical (unpaired) electrons. The molecular weight excluding hydrogens is 338 g/mol. The van der Waals surface area contributed by atoms with Crippen molar-refractivity contribution in [2.45, 2.75) is 26.3 Å². The number of sulfonamides is 1. The predicted molar refractivity (Wildman–Crippen MR) is 94.8 cm³/mol. The highest BCUT2D eigenvalue weighted by Gasteiger charge is 2.23. The summed E-state index contributed by atoms with van der Waals surface area (Å²) in [5.41, 5.74) is 1.67. The minimum atomic E-state index is -3.37. The smallest absolute Gasteiger partial charge is 0.251 e. The Kier molecular flexibility index (Phi) is 6.85. The lowest BCUT2D eigenvalue weighted by molar-refractivity contribution is 0.0914. The van der Waals surface area contributed by atoms with Gasteiger partial charge in [0.1, 0.15) is 0 Å². The second-order valence-electron chi connectivity index (χ2n) is 5.95. The molecular formula is C15H24ClN3O3S. The van der Waals surface area contributed by atoms with Crippen molar-refractivity contribution in [1.29, 1.82) is 0 Å². The number of piperidine rings is 1. The number of halogens is 1. The van der Waals surface area contributed by atoms with E-state index in [2.05, 4.69) is 22.3 Å². The molecule has 0 spiro atoms. The zero-order valence-electron chi connectivity index (χ0n) is 13.5. The van der Waals surface area contributed by atoms with E-state index in [4.69, 9.17) is 0 Å². The molecule has 0 saturated carbocycles. The minimum absolute atomic E-state index is 0. The molecule has 1 fully saturated rings. The second-order valence-corrected chi connectivity index (χ2v) is 7.70. The van der Waals surface area contributed by atoms with Crippen molar-refractivity contribution in [3.63, 3.8) is 0 Å². The summed E-state index contributed by atoms with van der Waals surface area (Å²) in [6.07, 6.45) is 1.99. The largest absolute Gasteiger partial charge is 0.349 e. The van der Waals surface area contributed by atoms with Gasteiger partial charge < -0.3 is 10.6 Å². The number of carbonyl (C=O) groups excluding carboxylic acids is 1. The first-order valence-electron chi connectivity index (χ1n) is 7.36. The summed E-state index contributed by atoms with van der Waals surface area (Å²) < 4.78 is 25.2. The lowest BCUT2D eigenvalue weighted by Crippen LogP contribution is -2.48. The molecule has 2 rings (SSSR count). The van der Waals surface area contributed by atoms with E-state index in [9.17, 15) is 13.2 Å². The molecule has 1 aromatic rings. The molecule has 0 aromatic heterocycles. The molecule has 1 aliphatic rings. The maximum Gasteiger partial charge on any atom is 0.251 e. The molecule has 8 heteroatoms. The van der Waals surface area contributed by atoms with E-state index in [1.165, 1.54) is 0 Å². The first-order valence-corrected chi connectivity index (χ1v) is 9.25. The van der Waals surface area contributed by atoms with Gasteiger partial charge >= 0.3 is 0 Å². The highest BCUT2D eigenvalue weighted by molar-refractivity contribution is 7.92. The van der Waals surface area contributed by atoms with Gasteiger partial charge in [-0.25, -0.2) is 8.42 Å². The molecule has 2 unspecified atom stereocenters. The van der Waals surface area contributed by atoms with Gasteiger partial charge in [-0.15, -0.1) is 12.4 Å². The lowest BCUT2D eigenvalue weighted by atomic mass is 9.95. The van der Waals surface area contributed by atoms with Crippen LogP contribution in [-0.4, -0.2) is 39.7 Å². The molecule has 130 valence electrons. The van der Waals surface area contributed by atoms with Crippen molar-refractivity contribution in [2.24, 2.45) is 5.92 Å². The fourth-order valence-electron chi connectivity index (χ4n) is 2.55. The third-order valence-electron chi connectivity index (χ3n) is 3.90. The average molecular weight is 362 g/mol. The monoisotopic (exact) mass is 361 g/mol. The van der Waals surface area contributed by atoms with E-state index in [0.717, 1.165) is 31.3 Å². The van der Waals surface area contributed by atoms with Gasteiger partial charge in [0, 0.05) is 11.6 Å². The fourth-order valence-corrected chi connectivity index (χ4v) is 3.17.